The summed E-state index contributed by atoms with van der Waals surface area (Å²) in [6.45, 7) is 0.352. The summed E-state index contributed by atoms with van der Waals surface area (Å²) in [5.74, 6) is -4.79. The number of carbonyl (C=O) groups is 3. The van der Waals surface area contributed by atoms with Crippen LogP contribution in [0.4, 0.5) is 13.2 Å². The second kappa shape index (κ2) is 12.8. The average molecular weight is 548 g/mol. The summed E-state index contributed by atoms with van der Waals surface area (Å²) in [6.07, 6.45) is -0.399. The van der Waals surface area contributed by atoms with Crippen LogP contribution in [-0.4, -0.2) is 58.6 Å². The fourth-order valence-corrected chi connectivity index (χ4v) is 4.77. The Morgan fingerprint density at radius 1 is 1.19 bits per heavy atom. The number of phenols is 1. The smallest absolute Gasteiger partial charge is 0.341 e. The highest BCUT2D eigenvalue weighted by Gasteiger charge is 2.35. The standard InChI is InChI=1S/C23H24F3N3O5S.ClH/c1-34-23(33)15-3-2-12(6-19(15)30)11-28-21(32)22-29(4-5-35-22)20(31)9-14(27)7-13-8-17(25)18(26)10-16(13)24;/h2-3,6,8,10,14,22,30H,4-5,7,9,11,27H2,1H3,(H,28,32);1H/t14-,22?;/m1./s1. The van der Waals surface area contributed by atoms with E-state index in [1.165, 1.54) is 35.9 Å². The van der Waals surface area contributed by atoms with Crippen molar-refractivity contribution in [1.82, 2.24) is 10.2 Å². The number of halogens is 4. The van der Waals surface area contributed by atoms with Gasteiger partial charge in [-0.25, -0.2) is 18.0 Å². The number of carbonyl (C=O) groups excluding carboxylic acids is 3. The molecule has 0 saturated carbocycles. The van der Waals surface area contributed by atoms with Gasteiger partial charge in [-0.3, -0.25) is 9.59 Å². The lowest BCUT2D eigenvalue weighted by Gasteiger charge is -2.24. The van der Waals surface area contributed by atoms with Gasteiger partial charge in [0.15, 0.2) is 17.0 Å². The predicted molar refractivity (Wildman–Crippen MR) is 129 cm³/mol. The summed E-state index contributed by atoms with van der Waals surface area (Å²) < 4.78 is 45.0. The van der Waals surface area contributed by atoms with Crippen LogP contribution >= 0.6 is 24.2 Å². The first kappa shape index (κ1) is 29.3. The monoisotopic (exact) mass is 547 g/mol. The van der Waals surface area contributed by atoms with Gasteiger partial charge in [0.1, 0.15) is 17.1 Å². The van der Waals surface area contributed by atoms with Crippen LogP contribution < -0.4 is 11.1 Å². The molecule has 1 aliphatic heterocycles. The Hall–Kier alpha value is -2.96. The van der Waals surface area contributed by atoms with Crippen molar-refractivity contribution in [2.24, 2.45) is 5.73 Å². The van der Waals surface area contributed by atoms with E-state index >= 15 is 0 Å². The van der Waals surface area contributed by atoms with E-state index in [-0.39, 0.29) is 48.7 Å². The number of nitrogens with two attached hydrogens (primary N) is 1. The molecule has 0 aliphatic carbocycles. The number of ether oxygens (including phenoxy) is 1. The molecule has 2 aromatic carbocycles. The zero-order valence-electron chi connectivity index (χ0n) is 19.1. The van der Waals surface area contributed by atoms with Crippen molar-refractivity contribution in [3.05, 3.63) is 64.5 Å². The van der Waals surface area contributed by atoms with Crippen LogP contribution in [0, 0.1) is 17.5 Å². The summed E-state index contributed by atoms with van der Waals surface area (Å²) in [6, 6.07) is 4.53. The highest BCUT2D eigenvalue weighted by atomic mass is 35.5. The Labute approximate surface area is 215 Å². The fraction of sp³-hybridized carbons (Fsp3) is 0.348. The van der Waals surface area contributed by atoms with Gasteiger partial charge in [-0.1, -0.05) is 6.07 Å². The summed E-state index contributed by atoms with van der Waals surface area (Å²) in [7, 11) is 1.19. The second-order valence-electron chi connectivity index (χ2n) is 7.90. The molecule has 0 aromatic heterocycles. The van der Waals surface area contributed by atoms with Crippen LogP contribution in [-0.2, 0) is 27.3 Å². The molecule has 2 aromatic rings. The van der Waals surface area contributed by atoms with Crippen LogP contribution in [0.15, 0.2) is 30.3 Å². The van der Waals surface area contributed by atoms with E-state index in [2.05, 4.69) is 10.1 Å². The lowest BCUT2D eigenvalue weighted by atomic mass is 10.0. The molecule has 196 valence electrons. The summed E-state index contributed by atoms with van der Waals surface area (Å²) >= 11 is 1.26. The van der Waals surface area contributed by atoms with Gasteiger partial charge in [0, 0.05) is 37.4 Å². The summed E-state index contributed by atoms with van der Waals surface area (Å²) in [5.41, 5.74) is 6.33. The number of aromatic hydroxyl groups is 1. The molecule has 2 atom stereocenters. The van der Waals surface area contributed by atoms with E-state index in [0.29, 0.717) is 30.0 Å². The van der Waals surface area contributed by atoms with Gasteiger partial charge in [-0.05, 0) is 35.7 Å². The molecule has 0 radical (unpaired) electrons. The van der Waals surface area contributed by atoms with Crippen LogP contribution in [0.5, 0.6) is 5.75 Å². The average Bonchev–Trinajstić information content (AvgIpc) is 3.31. The van der Waals surface area contributed by atoms with E-state index in [0.717, 1.165) is 0 Å². The Morgan fingerprint density at radius 2 is 1.89 bits per heavy atom. The molecule has 13 heteroatoms. The number of nitrogens with zero attached hydrogens (tertiary/aromatic N) is 1. The molecule has 1 saturated heterocycles. The zero-order chi connectivity index (χ0) is 25.7. The second-order valence-corrected chi connectivity index (χ2v) is 9.09. The first-order valence-electron chi connectivity index (χ1n) is 10.6. The number of hydrogen-bond acceptors (Lipinski definition) is 7. The normalized spacial score (nSPS) is 15.7. The fourth-order valence-electron chi connectivity index (χ4n) is 3.61. The SMILES string of the molecule is COC(=O)c1ccc(CNC(=O)C2SCCN2C(=O)C[C@H](N)Cc2cc(F)c(F)cc2F)cc1O.Cl. The van der Waals surface area contributed by atoms with E-state index in [4.69, 9.17) is 5.73 Å². The molecule has 3 rings (SSSR count). The quantitative estimate of drug-likeness (QED) is 0.343. The Balaban J connectivity index is 0.00000456. The van der Waals surface area contributed by atoms with Crippen molar-refractivity contribution in [3.8, 4) is 5.75 Å². The molecule has 1 aliphatic rings. The van der Waals surface area contributed by atoms with Crippen molar-refractivity contribution >= 4 is 42.0 Å². The lowest BCUT2D eigenvalue weighted by molar-refractivity contribution is -0.136. The zero-order valence-corrected chi connectivity index (χ0v) is 20.8. The number of benzene rings is 2. The van der Waals surface area contributed by atoms with Gasteiger partial charge in [0.05, 0.1) is 7.11 Å². The summed E-state index contributed by atoms with van der Waals surface area (Å²) in [5, 5.41) is 11.9. The molecule has 0 bridgehead atoms. The topological polar surface area (TPSA) is 122 Å². The van der Waals surface area contributed by atoms with E-state index < -0.39 is 46.7 Å². The predicted octanol–water partition coefficient (Wildman–Crippen LogP) is 2.50. The number of amides is 2. The first-order valence-corrected chi connectivity index (χ1v) is 11.6. The number of hydrogen-bond donors (Lipinski definition) is 3. The van der Waals surface area contributed by atoms with Crippen molar-refractivity contribution in [1.29, 1.82) is 0 Å². The van der Waals surface area contributed by atoms with E-state index in [1.54, 1.807) is 6.07 Å². The molecule has 1 unspecified atom stereocenters. The van der Waals surface area contributed by atoms with Gasteiger partial charge in [0.2, 0.25) is 5.91 Å². The number of nitrogens with one attached hydrogen (secondary N) is 1. The Kier molecular flexibility index (Phi) is 10.4. The van der Waals surface area contributed by atoms with Gasteiger partial charge < -0.3 is 25.8 Å². The van der Waals surface area contributed by atoms with E-state index in [9.17, 15) is 32.7 Å². The number of esters is 1. The van der Waals surface area contributed by atoms with Crippen LogP contribution in [0.1, 0.15) is 27.9 Å². The maximum absolute atomic E-state index is 13.9. The largest absolute Gasteiger partial charge is 0.507 e. The highest BCUT2D eigenvalue weighted by Crippen LogP contribution is 2.26. The van der Waals surface area contributed by atoms with Crippen molar-refractivity contribution in [3.63, 3.8) is 0 Å². The number of phenolic OH excluding ortho intramolecular Hbond substituents is 1. The third kappa shape index (κ3) is 7.05. The molecule has 1 heterocycles. The highest BCUT2D eigenvalue weighted by molar-refractivity contribution is 8.00. The van der Waals surface area contributed by atoms with Gasteiger partial charge in [-0.15, -0.1) is 24.2 Å². The van der Waals surface area contributed by atoms with E-state index in [1.807, 2.05) is 0 Å². The molecular formula is C23H25ClF3N3O5S. The number of thioether (sulfide) groups is 1. The van der Waals surface area contributed by atoms with Crippen molar-refractivity contribution in [2.75, 3.05) is 19.4 Å². The maximum Gasteiger partial charge on any atom is 0.341 e. The van der Waals surface area contributed by atoms with Gasteiger partial charge in [-0.2, -0.15) is 0 Å². The molecule has 1 fully saturated rings. The van der Waals surface area contributed by atoms with Gasteiger partial charge >= 0.3 is 5.97 Å². The molecule has 8 nitrogen and oxygen atoms in total. The third-order valence-corrected chi connectivity index (χ3v) is 6.58. The molecule has 2 amide bonds. The van der Waals surface area contributed by atoms with Crippen molar-refractivity contribution < 1.29 is 37.4 Å². The molecule has 4 N–H and O–H groups in total. The summed E-state index contributed by atoms with van der Waals surface area (Å²) in [4.78, 5) is 38.4. The first-order chi connectivity index (χ1) is 16.6. The Morgan fingerprint density at radius 3 is 2.56 bits per heavy atom. The third-order valence-electron chi connectivity index (χ3n) is 5.38. The molecule has 36 heavy (non-hydrogen) atoms. The number of methoxy groups -OCH3 is 1. The number of rotatable bonds is 8. The van der Waals surface area contributed by atoms with Crippen molar-refractivity contribution in [2.45, 2.75) is 30.8 Å². The Bertz CT molecular complexity index is 1140. The maximum atomic E-state index is 13.9. The van der Waals surface area contributed by atoms with Crippen LogP contribution in [0.2, 0.25) is 0 Å². The minimum absolute atomic E-state index is 0. The lowest BCUT2D eigenvalue weighted by Crippen LogP contribution is -2.46. The van der Waals surface area contributed by atoms with Crippen LogP contribution in [0.3, 0.4) is 0 Å². The molecule has 0 spiro atoms. The molecular weight excluding hydrogens is 523 g/mol. The minimum atomic E-state index is -1.31. The van der Waals surface area contributed by atoms with Crippen LogP contribution in [0.25, 0.3) is 0 Å². The minimum Gasteiger partial charge on any atom is -0.507 e. The van der Waals surface area contributed by atoms with Gasteiger partial charge in [0.25, 0.3) is 5.91 Å².